The molecule has 0 aliphatic carbocycles. The van der Waals surface area contributed by atoms with Gasteiger partial charge in [0.2, 0.25) is 0 Å². The molecule has 1 heterocycles. The number of halogens is 2. The zero-order valence-electron chi connectivity index (χ0n) is 4.23. The van der Waals surface area contributed by atoms with E-state index in [1.54, 1.807) is 0 Å². The molecule has 2 unspecified atom stereocenters. The van der Waals surface area contributed by atoms with Gasteiger partial charge in [-0.3, -0.25) is 5.32 Å². The summed E-state index contributed by atoms with van der Waals surface area (Å²) >= 11 is 5.43. The fraction of sp³-hybridized carbons (Fsp3) is 1.00. The molecule has 0 bridgehead atoms. The van der Waals surface area contributed by atoms with Crippen LogP contribution in [0.2, 0.25) is 0 Å². The molecule has 0 aromatic carbocycles. The Morgan fingerprint density at radius 3 is 2.88 bits per heavy atom. The van der Waals surface area contributed by atoms with Gasteiger partial charge in [-0.2, -0.15) is 0 Å². The molecule has 0 saturated carbocycles. The van der Waals surface area contributed by atoms with Gasteiger partial charge in [0.25, 0.3) is 0 Å². The maximum Gasteiger partial charge on any atom is 0.174 e. The van der Waals surface area contributed by atoms with E-state index in [0.29, 0.717) is 6.54 Å². The third-order valence-corrected chi connectivity index (χ3v) is 1.20. The molecule has 1 aliphatic rings. The first-order chi connectivity index (χ1) is 3.79. The van der Waals surface area contributed by atoms with Crippen LogP contribution in [-0.2, 0) is 4.74 Å². The predicted molar refractivity (Wildman–Crippen MR) is 28.5 cm³/mol. The SMILES string of the molecule is FC1COC(Cl)CN1. The predicted octanol–water partition coefficient (Wildman–Crippen LogP) is 0.467. The Balaban J connectivity index is 2.19. The Morgan fingerprint density at radius 1 is 1.75 bits per heavy atom. The van der Waals surface area contributed by atoms with Crippen LogP contribution in [0.5, 0.6) is 0 Å². The Morgan fingerprint density at radius 2 is 2.50 bits per heavy atom. The van der Waals surface area contributed by atoms with Crippen molar-refractivity contribution in [2.45, 2.75) is 11.9 Å². The minimum absolute atomic E-state index is 0.0637. The van der Waals surface area contributed by atoms with E-state index in [0.717, 1.165) is 0 Å². The average Bonchev–Trinajstić information content (AvgIpc) is 1.77. The number of hydrogen-bond acceptors (Lipinski definition) is 2. The van der Waals surface area contributed by atoms with Crippen LogP contribution in [0.4, 0.5) is 4.39 Å². The standard InChI is InChI=1S/C4H7ClFNO/c5-3-1-7-4(6)2-8-3/h3-4,7H,1-2H2. The third-order valence-electron chi connectivity index (χ3n) is 0.923. The molecule has 0 radical (unpaired) electrons. The number of ether oxygens (including phenoxy) is 1. The van der Waals surface area contributed by atoms with Crippen molar-refractivity contribution in [2.24, 2.45) is 0 Å². The molecule has 4 heteroatoms. The molecule has 48 valence electrons. The first-order valence-electron chi connectivity index (χ1n) is 2.42. The highest BCUT2D eigenvalue weighted by Gasteiger charge is 2.16. The second-order valence-corrected chi connectivity index (χ2v) is 2.11. The van der Waals surface area contributed by atoms with Gasteiger partial charge in [-0.15, -0.1) is 0 Å². The minimum Gasteiger partial charge on any atom is -0.357 e. The van der Waals surface area contributed by atoms with Crippen molar-refractivity contribution in [3.05, 3.63) is 0 Å². The fourth-order valence-electron chi connectivity index (χ4n) is 0.527. The normalized spacial score (nSPS) is 39.8. The van der Waals surface area contributed by atoms with Crippen molar-refractivity contribution in [1.29, 1.82) is 0 Å². The van der Waals surface area contributed by atoms with Gasteiger partial charge in [0.15, 0.2) is 6.30 Å². The van der Waals surface area contributed by atoms with E-state index in [-0.39, 0.29) is 12.2 Å². The van der Waals surface area contributed by atoms with E-state index in [9.17, 15) is 4.39 Å². The highest BCUT2D eigenvalue weighted by Crippen LogP contribution is 2.04. The molecule has 1 N–H and O–H groups in total. The summed E-state index contributed by atoms with van der Waals surface area (Å²) in [5.74, 6) is 0. The lowest BCUT2D eigenvalue weighted by Crippen LogP contribution is -2.41. The highest BCUT2D eigenvalue weighted by molar-refractivity contribution is 6.19. The molecule has 2 nitrogen and oxygen atoms in total. The van der Waals surface area contributed by atoms with E-state index in [1.165, 1.54) is 0 Å². The lowest BCUT2D eigenvalue weighted by Gasteiger charge is -2.20. The molecule has 1 rings (SSSR count). The van der Waals surface area contributed by atoms with Crippen molar-refractivity contribution < 1.29 is 9.13 Å². The molecule has 1 aliphatic heterocycles. The zero-order chi connectivity index (χ0) is 5.98. The third kappa shape index (κ3) is 1.58. The maximum atomic E-state index is 12.1. The summed E-state index contributed by atoms with van der Waals surface area (Å²) in [6.45, 7) is 0.455. The van der Waals surface area contributed by atoms with Crippen molar-refractivity contribution in [1.82, 2.24) is 5.32 Å². The largest absolute Gasteiger partial charge is 0.357 e. The van der Waals surface area contributed by atoms with Crippen LogP contribution in [-0.4, -0.2) is 25.0 Å². The van der Waals surface area contributed by atoms with Crippen LogP contribution in [0.3, 0.4) is 0 Å². The molecule has 2 atom stereocenters. The van der Waals surface area contributed by atoms with Crippen LogP contribution in [0.1, 0.15) is 0 Å². The number of alkyl halides is 2. The summed E-state index contributed by atoms with van der Waals surface area (Å²) in [5, 5.41) is 2.51. The number of morpholine rings is 1. The van der Waals surface area contributed by atoms with Crippen LogP contribution in [0.15, 0.2) is 0 Å². The van der Waals surface area contributed by atoms with Gasteiger partial charge in [0.05, 0.1) is 6.61 Å². The molecule has 1 fully saturated rings. The van der Waals surface area contributed by atoms with Crippen LogP contribution >= 0.6 is 11.6 Å². The average molecular weight is 140 g/mol. The van der Waals surface area contributed by atoms with Crippen LogP contribution < -0.4 is 5.32 Å². The number of nitrogens with one attached hydrogen (secondary N) is 1. The number of hydrogen-bond donors (Lipinski definition) is 1. The molecule has 0 spiro atoms. The second-order valence-electron chi connectivity index (χ2n) is 1.62. The van der Waals surface area contributed by atoms with Gasteiger partial charge in [-0.05, 0) is 0 Å². The molecule has 1 saturated heterocycles. The maximum absolute atomic E-state index is 12.1. The summed E-state index contributed by atoms with van der Waals surface area (Å²) in [6.07, 6.45) is -1.04. The highest BCUT2D eigenvalue weighted by atomic mass is 35.5. The van der Waals surface area contributed by atoms with Gasteiger partial charge < -0.3 is 4.74 Å². The Kier molecular flexibility index (Phi) is 2.05. The lowest BCUT2D eigenvalue weighted by atomic mass is 10.5. The Labute approximate surface area is 52.0 Å². The van der Waals surface area contributed by atoms with Gasteiger partial charge in [-0.25, -0.2) is 4.39 Å². The van der Waals surface area contributed by atoms with E-state index in [2.05, 4.69) is 5.32 Å². The van der Waals surface area contributed by atoms with Crippen LogP contribution in [0.25, 0.3) is 0 Å². The van der Waals surface area contributed by atoms with E-state index < -0.39 is 6.30 Å². The summed E-state index contributed by atoms with van der Waals surface area (Å²) < 4.78 is 16.8. The summed E-state index contributed by atoms with van der Waals surface area (Å²) in [4.78, 5) is 0. The van der Waals surface area contributed by atoms with Crippen LogP contribution in [0, 0.1) is 0 Å². The Bertz CT molecular complexity index is 64.4. The Hall–Kier alpha value is 0.140. The van der Waals surface area contributed by atoms with Gasteiger partial charge in [-0.1, -0.05) is 11.6 Å². The van der Waals surface area contributed by atoms with Gasteiger partial charge >= 0.3 is 0 Å². The molecule has 8 heavy (non-hydrogen) atoms. The zero-order valence-corrected chi connectivity index (χ0v) is 4.99. The van der Waals surface area contributed by atoms with Crippen molar-refractivity contribution in [3.63, 3.8) is 0 Å². The minimum atomic E-state index is -1.04. The monoisotopic (exact) mass is 139 g/mol. The quantitative estimate of drug-likeness (QED) is 0.389. The van der Waals surface area contributed by atoms with Crippen molar-refractivity contribution in [2.75, 3.05) is 13.2 Å². The smallest absolute Gasteiger partial charge is 0.174 e. The number of rotatable bonds is 0. The molecular formula is C4H7ClFNO. The second kappa shape index (κ2) is 2.62. The molecule has 0 aromatic heterocycles. The van der Waals surface area contributed by atoms with Crippen molar-refractivity contribution in [3.8, 4) is 0 Å². The summed E-state index contributed by atoms with van der Waals surface area (Å²) in [6, 6.07) is 0. The fourth-order valence-corrected chi connectivity index (χ4v) is 0.689. The van der Waals surface area contributed by atoms with E-state index in [1.807, 2.05) is 0 Å². The molecule has 0 aromatic rings. The first kappa shape index (κ1) is 6.26. The van der Waals surface area contributed by atoms with Crippen molar-refractivity contribution >= 4 is 11.6 Å². The molecular weight excluding hydrogens is 133 g/mol. The topological polar surface area (TPSA) is 21.3 Å². The van der Waals surface area contributed by atoms with Gasteiger partial charge in [0, 0.05) is 6.54 Å². The first-order valence-corrected chi connectivity index (χ1v) is 2.86. The lowest BCUT2D eigenvalue weighted by molar-refractivity contribution is 0.00791. The summed E-state index contributed by atoms with van der Waals surface area (Å²) in [7, 11) is 0. The molecule has 0 amide bonds. The summed E-state index contributed by atoms with van der Waals surface area (Å²) in [5.41, 5.74) is -0.359. The van der Waals surface area contributed by atoms with Gasteiger partial charge in [0.1, 0.15) is 5.56 Å². The van der Waals surface area contributed by atoms with E-state index in [4.69, 9.17) is 16.3 Å². The van der Waals surface area contributed by atoms with E-state index >= 15 is 0 Å².